The van der Waals surface area contributed by atoms with Crippen LogP contribution in [-0.4, -0.2) is 9.55 Å². The highest BCUT2D eigenvalue weighted by atomic mass is 16.3. The smallest absolute Gasteiger partial charge is 0.135 e. The van der Waals surface area contributed by atoms with Gasteiger partial charge in [0.1, 0.15) is 11.2 Å². The molecule has 0 unspecified atom stereocenters. The second-order valence-corrected chi connectivity index (χ2v) is 14.3. The van der Waals surface area contributed by atoms with Gasteiger partial charge in [-0.25, -0.2) is 0 Å². The molecule has 0 spiro atoms. The average Bonchev–Trinajstić information content (AvgIpc) is 3.89. The Labute approximate surface area is 311 Å². The van der Waals surface area contributed by atoms with Gasteiger partial charge in [0.2, 0.25) is 0 Å². The zero-order valence-electron chi connectivity index (χ0n) is 29.1. The highest BCUT2D eigenvalue weighted by Crippen LogP contribution is 2.48. The lowest BCUT2D eigenvalue weighted by Gasteiger charge is -2.11. The quantitative estimate of drug-likeness (QED) is 0.184. The molecule has 3 heterocycles. The Kier molecular flexibility index (Phi) is 6.05. The number of benzene rings is 8. The van der Waals surface area contributed by atoms with Gasteiger partial charge in [0.15, 0.2) is 0 Å². The minimum absolute atomic E-state index is 0.908. The molecule has 0 saturated heterocycles. The van der Waals surface area contributed by atoms with E-state index in [0.717, 1.165) is 44.4 Å². The Morgan fingerprint density at radius 3 is 1.74 bits per heavy atom. The molecule has 54 heavy (non-hydrogen) atoms. The van der Waals surface area contributed by atoms with Gasteiger partial charge < -0.3 is 8.98 Å². The van der Waals surface area contributed by atoms with E-state index in [1.54, 1.807) is 0 Å². The lowest BCUT2D eigenvalue weighted by atomic mass is 9.96. The number of nitrogens with zero attached hydrogens (tertiary/aromatic N) is 2. The van der Waals surface area contributed by atoms with Crippen molar-refractivity contribution >= 4 is 54.5 Å². The molecule has 0 bridgehead atoms. The zero-order chi connectivity index (χ0) is 35.3. The van der Waals surface area contributed by atoms with Gasteiger partial charge in [-0.1, -0.05) is 115 Å². The van der Waals surface area contributed by atoms with Gasteiger partial charge in [0.05, 0.1) is 16.7 Å². The van der Waals surface area contributed by atoms with Gasteiger partial charge in [0.25, 0.3) is 0 Å². The second-order valence-electron chi connectivity index (χ2n) is 14.3. The maximum atomic E-state index is 6.16. The molecule has 0 amide bonds. The molecule has 0 radical (unpaired) electrons. The highest BCUT2D eigenvalue weighted by Gasteiger charge is 2.23. The number of hydrogen-bond donors (Lipinski definition) is 0. The first-order valence-corrected chi connectivity index (χ1v) is 18.4. The van der Waals surface area contributed by atoms with E-state index in [1.165, 1.54) is 71.5 Å². The normalized spacial score (nSPS) is 12.1. The summed E-state index contributed by atoms with van der Waals surface area (Å²) in [6.07, 6.45) is 2.06. The van der Waals surface area contributed by atoms with Crippen molar-refractivity contribution in [3.05, 3.63) is 182 Å². The third-order valence-electron chi connectivity index (χ3n) is 11.4. The maximum Gasteiger partial charge on any atom is 0.135 e. The molecule has 250 valence electrons. The van der Waals surface area contributed by atoms with E-state index < -0.39 is 0 Å². The van der Waals surface area contributed by atoms with Gasteiger partial charge in [-0.2, -0.15) is 0 Å². The Morgan fingerprint density at radius 2 is 0.944 bits per heavy atom. The van der Waals surface area contributed by atoms with Crippen molar-refractivity contribution in [2.45, 2.75) is 0 Å². The first-order valence-electron chi connectivity index (χ1n) is 18.4. The molecule has 0 fully saturated rings. The van der Waals surface area contributed by atoms with Crippen molar-refractivity contribution in [3.63, 3.8) is 0 Å². The fourth-order valence-corrected chi connectivity index (χ4v) is 8.90. The molecule has 3 nitrogen and oxygen atoms in total. The topological polar surface area (TPSA) is 31.0 Å². The molecule has 3 heteroatoms. The van der Waals surface area contributed by atoms with E-state index in [2.05, 4.69) is 175 Å². The van der Waals surface area contributed by atoms with Gasteiger partial charge in [-0.15, -0.1) is 0 Å². The SMILES string of the molecule is c1ccc(-n2c3ccc(-c4cccc(-c5ncc6c7c(cccc57)-c5ccccc5-6)c4)cc3c3cc(-c4ccc5oc6ccccc6c5c4)ccc32)cc1. The summed E-state index contributed by atoms with van der Waals surface area (Å²) in [4.78, 5) is 5.10. The van der Waals surface area contributed by atoms with Crippen molar-refractivity contribution in [1.82, 2.24) is 9.55 Å². The highest BCUT2D eigenvalue weighted by molar-refractivity contribution is 6.18. The summed E-state index contributed by atoms with van der Waals surface area (Å²) in [6.45, 7) is 0. The summed E-state index contributed by atoms with van der Waals surface area (Å²) in [5, 5.41) is 7.19. The van der Waals surface area contributed by atoms with Gasteiger partial charge >= 0.3 is 0 Å². The predicted octanol–water partition coefficient (Wildman–Crippen LogP) is 13.9. The van der Waals surface area contributed by atoms with Crippen LogP contribution >= 0.6 is 0 Å². The largest absolute Gasteiger partial charge is 0.456 e. The second kappa shape index (κ2) is 11.1. The number of furan rings is 1. The van der Waals surface area contributed by atoms with Crippen LogP contribution in [0.2, 0.25) is 0 Å². The van der Waals surface area contributed by atoms with Crippen LogP contribution in [0.15, 0.2) is 187 Å². The lowest BCUT2D eigenvalue weighted by molar-refractivity contribution is 0.669. The molecule has 0 aliphatic heterocycles. The number of fused-ring (bicyclic) bond motifs is 9. The van der Waals surface area contributed by atoms with E-state index in [1.807, 2.05) is 12.1 Å². The van der Waals surface area contributed by atoms with E-state index in [9.17, 15) is 0 Å². The summed E-state index contributed by atoms with van der Waals surface area (Å²) in [5.74, 6) is 0. The first-order chi connectivity index (χ1) is 26.8. The predicted molar refractivity (Wildman–Crippen MR) is 224 cm³/mol. The lowest BCUT2D eigenvalue weighted by Crippen LogP contribution is -1.93. The Bertz CT molecular complexity index is 3300. The molecular weight excluding hydrogens is 657 g/mol. The monoisotopic (exact) mass is 686 g/mol. The molecule has 0 atom stereocenters. The van der Waals surface area contributed by atoms with Crippen LogP contribution < -0.4 is 0 Å². The molecule has 0 saturated carbocycles. The van der Waals surface area contributed by atoms with Crippen LogP contribution in [0.1, 0.15) is 0 Å². The van der Waals surface area contributed by atoms with Crippen LogP contribution in [0.3, 0.4) is 0 Å². The number of hydrogen-bond acceptors (Lipinski definition) is 2. The van der Waals surface area contributed by atoms with Crippen LogP contribution in [0.4, 0.5) is 0 Å². The fraction of sp³-hybridized carbons (Fsp3) is 0. The number of para-hydroxylation sites is 2. The minimum atomic E-state index is 0.908. The molecule has 1 aliphatic carbocycles. The van der Waals surface area contributed by atoms with Crippen molar-refractivity contribution < 1.29 is 4.42 Å². The summed E-state index contributed by atoms with van der Waals surface area (Å²) in [5.41, 5.74) is 17.2. The summed E-state index contributed by atoms with van der Waals surface area (Å²) in [7, 11) is 0. The summed E-state index contributed by atoms with van der Waals surface area (Å²) in [6, 6.07) is 63.4. The molecular formula is C51H30N2O. The molecule has 8 aromatic carbocycles. The molecule has 12 rings (SSSR count). The Hall–Kier alpha value is -7.23. The Morgan fingerprint density at radius 1 is 0.370 bits per heavy atom. The van der Waals surface area contributed by atoms with Crippen LogP contribution in [0.25, 0.3) is 116 Å². The van der Waals surface area contributed by atoms with Crippen LogP contribution in [0.5, 0.6) is 0 Å². The van der Waals surface area contributed by atoms with Gasteiger partial charge in [-0.3, -0.25) is 4.98 Å². The Balaban J connectivity index is 1.02. The molecule has 3 aromatic heterocycles. The minimum Gasteiger partial charge on any atom is -0.456 e. The van der Waals surface area contributed by atoms with Crippen LogP contribution in [-0.2, 0) is 0 Å². The fourth-order valence-electron chi connectivity index (χ4n) is 8.90. The third kappa shape index (κ3) is 4.21. The van der Waals surface area contributed by atoms with E-state index in [-0.39, 0.29) is 0 Å². The summed E-state index contributed by atoms with van der Waals surface area (Å²) >= 11 is 0. The van der Waals surface area contributed by atoms with Crippen molar-refractivity contribution in [1.29, 1.82) is 0 Å². The van der Waals surface area contributed by atoms with Crippen molar-refractivity contribution in [2.24, 2.45) is 0 Å². The average molecular weight is 687 g/mol. The van der Waals surface area contributed by atoms with E-state index in [4.69, 9.17) is 9.40 Å². The number of aromatic nitrogens is 2. The summed E-state index contributed by atoms with van der Waals surface area (Å²) < 4.78 is 8.54. The standard InChI is InChI=1S/C51H30N2O/c1-2-12-36(13-3-1)53-46-23-20-32(27-42(46)43-28-33(21-24-47(43)53)34-22-25-49-44(29-34)39-16-6-7-19-48(39)54-49)31-10-8-11-35(26-31)51-41-18-9-17-40-37-14-4-5-15-38(37)45(30-52-51)50(40)41/h1-30H. The van der Waals surface area contributed by atoms with Crippen molar-refractivity contribution in [3.8, 4) is 61.5 Å². The number of pyridine rings is 1. The van der Waals surface area contributed by atoms with Gasteiger partial charge in [-0.05, 0) is 99.6 Å². The first kappa shape index (κ1) is 29.4. The molecule has 0 N–H and O–H groups in total. The van der Waals surface area contributed by atoms with Crippen molar-refractivity contribution in [2.75, 3.05) is 0 Å². The van der Waals surface area contributed by atoms with E-state index >= 15 is 0 Å². The van der Waals surface area contributed by atoms with E-state index in [0.29, 0.717) is 0 Å². The number of rotatable bonds is 4. The third-order valence-corrected chi connectivity index (χ3v) is 11.4. The van der Waals surface area contributed by atoms with Crippen LogP contribution in [0, 0.1) is 0 Å². The van der Waals surface area contributed by atoms with Gasteiger partial charge in [0, 0.05) is 55.3 Å². The molecule has 1 aliphatic rings. The zero-order valence-corrected chi connectivity index (χ0v) is 29.1. The maximum absolute atomic E-state index is 6.16. The molecule has 11 aromatic rings.